The van der Waals surface area contributed by atoms with Gasteiger partial charge in [0.25, 0.3) is 0 Å². The maximum Gasteiger partial charge on any atom is 0.407 e. The van der Waals surface area contributed by atoms with Crippen LogP contribution in [0.15, 0.2) is 48.8 Å². The fourth-order valence-corrected chi connectivity index (χ4v) is 1.68. The molecule has 2 heterocycles. The molecule has 5 heteroatoms. The summed E-state index contributed by atoms with van der Waals surface area (Å²) in [6.07, 6.45) is 2.87. The number of alkyl carbamates (subject to hydrolysis) is 1. The van der Waals surface area contributed by atoms with Gasteiger partial charge in [-0.25, -0.2) is 4.79 Å². The van der Waals surface area contributed by atoms with Crippen LogP contribution < -0.4 is 5.32 Å². The van der Waals surface area contributed by atoms with Crippen LogP contribution >= 0.6 is 0 Å². The van der Waals surface area contributed by atoms with Crippen molar-refractivity contribution >= 4 is 6.09 Å². The zero-order valence-electron chi connectivity index (χ0n) is 10.6. The molecule has 2 rings (SSSR count). The van der Waals surface area contributed by atoms with Crippen LogP contribution in [0.5, 0.6) is 0 Å². The SMILES string of the molecule is CCOC(=O)NC(c1ccccn1)c1ccccn1. The van der Waals surface area contributed by atoms with E-state index in [1.54, 1.807) is 19.3 Å². The number of rotatable bonds is 4. The van der Waals surface area contributed by atoms with E-state index < -0.39 is 12.1 Å². The lowest BCUT2D eigenvalue weighted by molar-refractivity contribution is 0.149. The van der Waals surface area contributed by atoms with Crippen LogP contribution in [0.25, 0.3) is 0 Å². The molecular weight excluding hydrogens is 242 g/mol. The van der Waals surface area contributed by atoms with Crippen molar-refractivity contribution in [3.8, 4) is 0 Å². The van der Waals surface area contributed by atoms with Crippen LogP contribution in [-0.2, 0) is 4.74 Å². The predicted molar refractivity (Wildman–Crippen MR) is 70.5 cm³/mol. The highest BCUT2D eigenvalue weighted by atomic mass is 16.5. The third-order valence-electron chi connectivity index (χ3n) is 2.50. The highest BCUT2D eigenvalue weighted by Gasteiger charge is 2.19. The summed E-state index contributed by atoms with van der Waals surface area (Å²) in [6.45, 7) is 2.08. The monoisotopic (exact) mass is 257 g/mol. The number of ether oxygens (including phenoxy) is 1. The summed E-state index contributed by atoms with van der Waals surface area (Å²) in [5.74, 6) is 0. The third kappa shape index (κ3) is 3.51. The maximum atomic E-state index is 11.6. The molecule has 0 fully saturated rings. The molecular formula is C14H15N3O2. The summed E-state index contributed by atoms with van der Waals surface area (Å²) in [6, 6.07) is 10.6. The van der Waals surface area contributed by atoms with Crippen LogP contribution in [0.3, 0.4) is 0 Å². The standard InChI is InChI=1S/C14H15N3O2/c1-2-19-14(18)17-13(11-7-3-5-9-15-11)12-8-4-6-10-16-12/h3-10,13H,2H2,1H3,(H,17,18). The molecule has 0 aliphatic heterocycles. The summed E-state index contributed by atoms with van der Waals surface area (Å²) in [7, 11) is 0. The summed E-state index contributed by atoms with van der Waals surface area (Å²) < 4.78 is 4.91. The summed E-state index contributed by atoms with van der Waals surface area (Å²) in [5.41, 5.74) is 1.43. The number of amides is 1. The van der Waals surface area contributed by atoms with E-state index in [0.29, 0.717) is 18.0 Å². The molecule has 0 saturated carbocycles. The smallest absolute Gasteiger partial charge is 0.407 e. The number of nitrogens with one attached hydrogen (secondary N) is 1. The molecule has 0 spiro atoms. The Balaban J connectivity index is 2.26. The van der Waals surface area contributed by atoms with E-state index >= 15 is 0 Å². The summed E-state index contributed by atoms with van der Waals surface area (Å²) in [4.78, 5) is 20.1. The molecule has 0 unspecified atom stereocenters. The molecule has 5 nitrogen and oxygen atoms in total. The molecule has 98 valence electrons. The largest absolute Gasteiger partial charge is 0.450 e. The highest BCUT2D eigenvalue weighted by molar-refractivity contribution is 5.68. The molecule has 0 atom stereocenters. The molecule has 2 aromatic rings. The van der Waals surface area contributed by atoms with Gasteiger partial charge in [-0.2, -0.15) is 0 Å². The normalized spacial score (nSPS) is 10.2. The van der Waals surface area contributed by atoms with Gasteiger partial charge in [0.2, 0.25) is 0 Å². The van der Waals surface area contributed by atoms with Crippen LogP contribution in [0.1, 0.15) is 24.4 Å². The van der Waals surface area contributed by atoms with Gasteiger partial charge in [-0.1, -0.05) is 12.1 Å². The van der Waals surface area contributed by atoms with Crippen LogP contribution in [0.2, 0.25) is 0 Å². The molecule has 0 aromatic carbocycles. The van der Waals surface area contributed by atoms with Crippen molar-refractivity contribution in [2.45, 2.75) is 13.0 Å². The number of nitrogens with zero attached hydrogens (tertiary/aromatic N) is 2. The number of carbonyl (C=O) groups excluding carboxylic acids is 1. The quantitative estimate of drug-likeness (QED) is 0.912. The molecule has 0 aliphatic carbocycles. The molecule has 0 aliphatic rings. The molecule has 0 radical (unpaired) electrons. The van der Waals surface area contributed by atoms with Crippen molar-refractivity contribution < 1.29 is 9.53 Å². The van der Waals surface area contributed by atoms with Crippen LogP contribution in [0, 0.1) is 0 Å². The van der Waals surface area contributed by atoms with E-state index in [9.17, 15) is 4.79 Å². The average Bonchev–Trinajstić information content (AvgIpc) is 2.47. The summed E-state index contributed by atoms with van der Waals surface area (Å²) >= 11 is 0. The lowest BCUT2D eigenvalue weighted by atomic mass is 10.1. The number of aromatic nitrogens is 2. The Hall–Kier alpha value is -2.43. The fourth-order valence-electron chi connectivity index (χ4n) is 1.68. The Morgan fingerprint density at radius 3 is 2.16 bits per heavy atom. The van der Waals surface area contributed by atoms with Crippen LogP contribution in [0.4, 0.5) is 4.79 Å². The minimum absolute atomic E-state index is 0.322. The van der Waals surface area contributed by atoms with E-state index in [-0.39, 0.29) is 0 Å². The zero-order valence-corrected chi connectivity index (χ0v) is 10.6. The second-order valence-corrected chi connectivity index (χ2v) is 3.81. The first-order valence-electron chi connectivity index (χ1n) is 6.06. The van der Waals surface area contributed by atoms with Gasteiger partial charge < -0.3 is 10.1 Å². The highest BCUT2D eigenvalue weighted by Crippen LogP contribution is 2.17. The molecule has 2 aromatic heterocycles. The Morgan fingerprint density at radius 1 is 1.16 bits per heavy atom. The first-order chi connectivity index (χ1) is 9.31. The first kappa shape index (κ1) is 13.0. The van der Waals surface area contributed by atoms with Gasteiger partial charge in [0.15, 0.2) is 0 Å². The number of carbonyl (C=O) groups is 1. The van der Waals surface area contributed by atoms with Gasteiger partial charge >= 0.3 is 6.09 Å². The van der Waals surface area contributed by atoms with E-state index in [2.05, 4.69) is 15.3 Å². The second-order valence-electron chi connectivity index (χ2n) is 3.81. The molecule has 19 heavy (non-hydrogen) atoms. The number of pyridine rings is 2. The van der Waals surface area contributed by atoms with Gasteiger partial charge in [0, 0.05) is 12.4 Å². The minimum Gasteiger partial charge on any atom is -0.450 e. The van der Waals surface area contributed by atoms with Crippen molar-refractivity contribution in [2.24, 2.45) is 0 Å². The van der Waals surface area contributed by atoms with Crippen molar-refractivity contribution in [1.29, 1.82) is 0 Å². The maximum absolute atomic E-state index is 11.6. The Kier molecular flexibility index (Phi) is 4.44. The first-order valence-corrected chi connectivity index (χ1v) is 6.06. The van der Waals surface area contributed by atoms with Crippen molar-refractivity contribution in [3.63, 3.8) is 0 Å². The molecule has 1 N–H and O–H groups in total. The number of hydrogen-bond donors (Lipinski definition) is 1. The van der Waals surface area contributed by atoms with Gasteiger partial charge in [0.1, 0.15) is 6.04 Å². The zero-order chi connectivity index (χ0) is 13.5. The van der Waals surface area contributed by atoms with E-state index in [1.165, 1.54) is 0 Å². The molecule has 0 saturated heterocycles. The minimum atomic E-state index is -0.483. The van der Waals surface area contributed by atoms with Crippen molar-refractivity contribution in [1.82, 2.24) is 15.3 Å². The average molecular weight is 257 g/mol. The Bertz CT molecular complexity index is 477. The topological polar surface area (TPSA) is 64.1 Å². The molecule has 0 bridgehead atoms. The second kappa shape index (κ2) is 6.49. The van der Waals surface area contributed by atoms with E-state index in [1.807, 2.05) is 36.4 Å². The van der Waals surface area contributed by atoms with Gasteiger partial charge in [-0.15, -0.1) is 0 Å². The van der Waals surface area contributed by atoms with Crippen molar-refractivity contribution in [2.75, 3.05) is 6.61 Å². The Labute approximate surface area is 111 Å². The third-order valence-corrected chi connectivity index (χ3v) is 2.50. The van der Waals surface area contributed by atoms with Crippen LogP contribution in [-0.4, -0.2) is 22.7 Å². The van der Waals surface area contributed by atoms with Gasteiger partial charge in [0.05, 0.1) is 18.0 Å². The van der Waals surface area contributed by atoms with Gasteiger partial charge in [-0.3, -0.25) is 9.97 Å². The predicted octanol–water partition coefficient (Wildman–Crippen LogP) is 2.31. The van der Waals surface area contributed by atoms with Crippen molar-refractivity contribution in [3.05, 3.63) is 60.2 Å². The lowest BCUT2D eigenvalue weighted by Crippen LogP contribution is -2.31. The lowest BCUT2D eigenvalue weighted by Gasteiger charge is -2.17. The summed E-state index contributed by atoms with van der Waals surface area (Å²) in [5, 5.41) is 2.76. The molecule has 1 amide bonds. The Morgan fingerprint density at radius 2 is 1.74 bits per heavy atom. The number of hydrogen-bond acceptors (Lipinski definition) is 4. The van der Waals surface area contributed by atoms with E-state index in [4.69, 9.17) is 4.74 Å². The van der Waals surface area contributed by atoms with Gasteiger partial charge in [-0.05, 0) is 31.2 Å². The fraction of sp³-hybridized carbons (Fsp3) is 0.214. The van der Waals surface area contributed by atoms with E-state index in [0.717, 1.165) is 0 Å².